The number of nitrogens with zero attached hydrogens (tertiary/aromatic N) is 4. The van der Waals surface area contributed by atoms with E-state index in [4.69, 9.17) is 4.74 Å². The average Bonchev–Trinajstić information content (AvgIpc) is 2.71. The van der Waals surface area contributed by atoms with Crippen LogP contribution in [0, 0.1) is 0 Å². The molecule has 0 aliphatic heterocycles. The van der Waals surface area contributed by atoms with E-state index in [1.807, 2.05) is 6.92 Å². The van der Waals surface area contributed by atoms with Gasteiger partial charge >= 0.3 is 0 Å². The first-order chi connectivity index (χ1) is 9.17. The summed E-state index contributed by atoms with van der Waals surface area (Å²) in [4.78, 5) is 18.9. The van der Waals surface area contributed by atoms with E-state index in [0.717, 1.165) is 6.29 Å². The van der Waals surface area contributed by atoms with Crippen LogP contribution in [0.5, 0.6) is 5.88 Å². The quantitative estimate of drug-likeness (QED) is 0.475. The summed E-state index contributed by atoms with van der Waals surface area (Å²) in [7, 11) is 1.62. The Morgan fingerprint density at radius 2 is 2.32 bits per heavy atom. The maximum absolute atomic E-state index is 10.8. The second-order valence-corrected chi connectivity index (χ2v) is 4.77. The van der Waals surface area contributed by atoms with Crippen LogP contribution in [0.1, 0.15) is 6.92 Å². The van der Waals surface area contributed by atoms with Crippen molar-refractivity contribution in [2.45, 2.75) is 18.1 Å². The maximum Gasteiger partial charge on any atom is 0.236 e. The van der Waals surface area contributed by atoms with Gasteiger partial charge in [0, 0.05) is 19.4 Å². The van der Waals surface area contributed by atoms with Gasteiger partial charge in [0.25, 0.3) is 0 Å². The zero-order valence-electron chi connectivity index (χ0n) is 10.6. The third kappa shape index (κ3) is 2.85. The summed E-state index contributed by atoms with van der Waals surface area (Å²) in [6.07, 6.45) is 1.66. The van der Waals surface area contributed by atoms with Gasteiger partial charge in [-0.15, -0.1) is 11.8 Å². The number of thioether (sulfide) groups is 1. The molecule has 2 heterocycles. The molecule has 0 amide bonds. The van der Waals surface area contributed by atoms with Crippen LogP contribution in [0.15, 0.2) is 11.4 Å². The van der Waals surface area contributed by atoms with Gasteiger partial charge < -0.3 is 14.6 Å². The third-order valence-corrected chi connectivity index (χ3v) is 3.54. The van der Waals surface area contributed by atoms with Gasteiger partial charge in [-0.05, 0) is 6.92 Å². The van der Waals surface area contributed by atoms with Crippen molar-refractivity contribution in [2.24, 2.45) is 7.05 Å². The van der Waals surface area contributed by atoms with Crippen molar-refractivity contribution in [2.75, 3.05) is 12.4 Å². The van der Waals surface area contributed by atoms with Crippen LogP contribution in [0.3, 0.4) is 0 Å². The Balaban J connectivity index is 2.21. The summed E-state index contributed by atoms with van der Waals surface area (Å²) in [5.74, 6) is 0.442. The van der Waals surface area contributed by atoms with Crippen LogP contribution in [0.25, 0.3) is 11.0 Å². The maximum atomic E-state index is 10.8. The Labute approximate surface area is 114 Å². The second-order valence-electron chi connectivity index (χ2n) is 3.76. The lowest BCUT2D eigenvalue weighted by atomic mass is 10.4. The smallest absolute Gasteiger partial charge is 0.236 e. The number of rotatable bonds is 6. The Kier molecular flexibility index (Phi) is 4.33. The summed E-state index contributed by atoms with van der Waals surface area (Å²) in [5, 5.41) is 14.5. The number of fused-ring (bicyclic) bond motifs is 1. The lowest BCUT2D eigenvalue weighted by molar-refractivity contribution is -0.116. The van der Waals surface area contributed by atoms with Crippen LogP contribution in [-0.2, 0) is 16.6 Å². The molecular weight excluding hydrogens is 268 g/mol. The standard InChI is InChI=1S/C11H14N4O3S/c1-3-18-7(4-16)5-19-10-8-9(12-6-13-10)11(17)15(2)14-8/h4,6-7,17H,3,5H2,1-2H3. The number of aryl methyl sites for hydroxylation is 1. The zero-order chi connectivity index (χ0) is 13.8. The number of hydrogen-bond donors (Lipinski definition) is 1. The summed E-state index contributed by atoms with van der Waals surface area (Å²) in [6.45, 7) is 2.31. The molecule has 1 N–H and O–H groups in total. The summed E-state index contributed by atoms with van der Waals surface area (Å²) in [5.41, 5.74) is 0.924. The van der Waals surface area contributed by atoms with E-state index in [9.17, 15) is 9.90 Å². The molecule has 0 fully saturated rings. The average molecular weight is 282 g/mol. The van der Waals surface area contributed by atoms with Gasteiger partial charge in [0.15, 0.2) is 5.52 Å². The first kappa shape index (κ1) is 13.8. The Bertz CT molecular complexity index is 587. The van der Waals surface area contributed by atoms with Gasteiger partial charge in [-0.25, -0.2) is 14.6 Å². The highest BCUT2D eigenvalue weighted by molar-refractivity contribution is 7.99. The molecule has 102 valence electrons. The minimum atomic E-state index is -0.475. The summed E-state index contributed by atoms with van der Waals surface area (Å²) < 4.78 is 6.58. The van der Waals surface area contributed by atoms with Crippen LogP contribution in [0.4, 0.5) is 0 Å². The Morgan fingerprint density at radius 3 is 3.00 bits per heavy atom. The van der Waals surface area contributed by atoms with Crippen molar-refractivity contribution < 1.29 is 14.6 Å². The molecule has 2 rings (SSSR count). The monoisotopic (exact) mass is 282 g/mol. The van der Waals surface area contributed by atoms with Crippen LogP contribution in [-0.4, -0.2) is 49.6 Å². The lowest BCUT2D eigenvalue weighted by Crippen LogP contribution is -2.17. The first-order valence-corrected chi connectivity index (χ1v) is 6.72. The van der Waals surface area contributed by atoms with Crippen LogP contribution < -0.4 is 0 Å². The van der Waals surface area contributed by atoms with E-state index in [1.54, 1.807) is 7.05 Å². The molecular formula is C11H14N4O3S. The third-order valence-electron chi connectivity index (χ3n) is 2.47. The van der Waals surface area contributed by atoms with Gasteiger partial charge in [0.1, 0.15) is 29.3 Å². The van der Waals surface area contributed by atoms with E-state index in [-0.39, 0.29) is 5.88 Å². The number of carbonyl (C=O) groups excluding carboxylic acids is 1. The number of ether oxygens (including phenoxy) is 1. The molecule has 0 radical (unpaired) electrons. The van der Waals surface area contributed by atoms with E-state index in [0.29, 0.717) is 28.4 Å². The van der Waals surface area contributed by atoms with Gasteiger partial charge in [0.05, 0.1) is 0 Å². The minimum Gasteiger partial charge on any atom is -0.492 e. The molecule has 2 aromatic rings. The number of carbonyl (C=O) groups is 1. The van der Waals surface area contributed by atoms with Gasteiger partial charge in [0.2, 0.25) is 5.88 Å². The molecule has 0 aliphatic carbocycles. The molecule has 0 spiro atoms. The van der Waals surface area contributed by atoms with Crippen molar-refractivity contribution in [1.82, 2.24) is 19.7 Å². The lowest BCUT2D eigenvalue weighted by Gasteiger charge is -2.08. The predicted molar refractivity (Wildman–Crippen MR) is 70.2 cm³/mol. The highest BCUT2D eigenvalue weighted by Crippen LogP contribution is 2.28. The van der Waals surface area contributed by atoms with E-state index >= 15 is 0 Å². The topological polar surface area (TPSA) is 90.1 Å². The summed E-state index contributed by atoms with van der Waals surface area (Å²) in [6, 6.07) is 0. The molecule has 7 nitrogen and oxygen atoms in total. The fourth-order valence-corrected chi connectivity index (χ4v) is 2.47. The molecule has 0 saturated carbocycles. The van der Waals surface area contributed by atoms with E-state index in [2.05, 4.69) is 15.1 Å². The van der Waals surface area contributed by atoms with Crippen molar-refractivity contribution in [3.63, 3.8) is 0 Å². The molecule has 19 heavy (non-hydrogen) atoms. The van der Waals surface area contributed by atoms with Crippen molar-refractivity contribution in [3.05, 3.63) is 6.33 Å². The van der Waals surface area contributed by atoms with Gasteiger partial charge in [-0.2, -0.15) is 5.10 Å². The molecule has 0 bridgehead atoms. The number of hydrogen-bond acceptors (Lipinski definition) is 7. The SMILES string of the molecule is CCOC(C=O)CSc1ncnc2c(O)n(C)nc12. The highest BCUT2D eigenvalue weighted by atomic mass is 32.2. The predicted octanol–water partition coefficient (Wildman–Crippen LogP) is 0.765. The molecule has 2 aromatic heterocycles. The fourth-order valence-electron chi connectivity index (χ4n) is 1.57. The first-order valence-electron chi connectivity index (χ1n) is 5.73. The van der Waals surface area contributed by atoms with Crippen molar-refractivity contribution in [1.29, 1.82) is 0 Å². The number of aldehydes is 1. The number of aromatic hydroxyl groups is 1. The Morgan fingerprint density at radius 1 is 1.53 bits per heavy atom. The zero-order valence-corrected chi connectivity index (χ0v) is 11.4. The number of aromatic nitrogens is 4. The highest BCUT2D eigenvalue weighted by Gasteiger charge is 2.16. The van der Waals surface area contributed by atoms with Crippen LogP contribution >= 0.6 is 11.8 Å². The van der Waals surface area contributed by atoms with Gasteiger partial charge in [-0.1, -0.05) is 0 Å². The normalized spacial score (nSPS) is 12.7. The minimum absolute atomic E-state index is 0.00371. The van der Waals surface area contributed by atoms with Crippen molar-refractivity contribution >= 4 is 29.1 Å². The van der Waals surface area contributed by atoms with E-state index in [1.165, 1.54) is 22.8 Å². The van der Waals surface area contributed by atoms with Crippen molar-refractivity contribution in [3.8, 4) is 5.88 Å². The van der Waals surface area contributed by atoms with E-state index < -0.39 is 6.10 Å². The molecule has 0 saturated heterocycles. The molecule has 1 unspecified atom stereocenters. The van der Waals surface area contributed by atoms with Gasteiger partial charge in [-0.3, -0.25) is 0 Å². The molecule has 0 aliphatic rings. The molecule has 8 heteroatoms. The molecule has 0 aromatic carbocycles. The molecule has 1 atom stereocenters. The van der Waals surface area contributed by atoms with Crippen LogP contribution in [0.2, 0.25) is 0 Å². The Hall–Kier alpha value is -1.67. The summed E-state index contributed by atoms with van der Waals surface area (Å²) >= 11 is 1.35. The second kappa shape index (κ2) is 5.98. The largest absolute Gasteiger partial charge is 0.492 e. The fraction of sp³-hybridized carbons (Fsp3) is 0.455.